The fourth-order valence-electron chi connectivity index (χ4n) is 3.59. The first-order chi connectivity index (χ1) is 15.2. The lowest BCUT2D eigenvalue weighted by Gasteiger charge is -2.29. The standard InChI is InChI=1S/C24H31N3O4S/c1-18(2)14-26(15-19(3)4)24(28)17-27(16-20-6-5-10-25-13-20)32(29,30)22-7-8-23-21(12-22)9-11-31-23/h5-13,18-19H,14-17H2,1-4H3. The fraction of sp³-hybridized carbons (Fsp3) is 0.417. The Morgan fingerprint density at radius 3 is 2.41 bits per heavy atom. The van der Waals surface area contributed by atoms with E-state index in [1.807, 2.05) is 27.7 Å². The molecular weight excluding hydrogens is 426 g/mol. The summed E-state index contributed by atoms with van der Waals surface area (Å²) in [7, 11) is -3.94. The summed E-state index contributed by atoms with van der Waals surface area (Å²) in [5.41, 5.74) is 1.33. The molecule has 1 aromatic carbocycles. The molecule has 0 bridgehead atoms. The van der Waals surface area contributed by atoms with Crippen molar-refractivity contribution in [2.45, 2.75) is 39.1 Å². The average molecular weight is 458 g/mol. The zero-order chi connectivity index (χ0) is 23.3. The van der Waals surface area contributed by atoms with Crippen molar-refractivity contribution in [3.05, 3.63) is 60.6 Å². The Kier molecular flexibility index (Phi) is 7.69. The van der Waals surface area contributed by atoms with Gasteiger partial charge in [0.1, 0.15) is 5.58 Å². The number of furan rings is 1. The van der Waals surface area contributed by atoms with Crippen molar-refractivity contribution in [3.8, 4) is 0 Å². The van der Waals surface area contributed by atoms with Gasteiger partial charge >= 0.3 is 0 Å². The number of amides is 1. The molecule has 0 saturated carbocycles. The molecule has 172 valence electrons. The van der Waals surface area contributed by atoms with E-state index in [1.54, 1.807) is 47.6 Å². The van der Waals surface area contributed by atoms with E-state index in [0.717, 1.165) is 0 Å². The van der Waals surface area contributed by atoms with E-state index in [0.29, 0.717) is 29.6 Å². The van der Waals surface area contributed by atoms with Crippen molar-refractivity contribution < 1.29 is 17.6 Å². The molecule has 2 heterocycles. The summed E-state index contributed by atoms with van der Waals surface area (Å²) in [5, 5.41) is 0.694. The van der Waals surface area contributed by atoms with E-state index < -0.39 is 10.0 Å². The number of benzene rings is 1. The molecule has 0 spiro atoms. The second kappa shape index (κ2) is 10.3. The molecule has 0 aliphatic heterocycles. The summed E-state index contributed by atoms with van der Waals surface area (Å²) in [5.74, 6) is 0.360. The van der Waals surface area contributed by atoms with Crippen LogP contribution in [0.15, 0.2) is 64.4 Å². The molecular formula is C24H31N3O4S. The first kappa shape index (κ1) is 23.9. The molecule has 0 saturated heterocycles. The second-order valence-corrected chi connectivity index (χ2v) is 10.8. The third-order valence-corrected chi connectivity index (χ3v) is 6.77. The first-order valence-corrected chi connectivity index (χ1v) is 12.2. The number of carbonyl (C=O) groups is 1. The highest BCUT2D eigenvalue weighted by Crippen LogP contribution is 2.24. The first-order valence-electron chi connectivity index (χ1n) is 10.8. The molecule has 32 heavy (non-hydrogen) atoms. The summed E-state index contributed by atoms with van der Waals surface area (Å²) in [4.78, 5) is 19.2. The number of aromatic nitrogens is 1. The Morgan fingerprint density at radius 1 is 1.06 bits per heavy atom. The highest BCUT2D eigenvalue weighted by molar-refractivity contribution is 7.89. The zero-order valence-electron chi connectivity index (χ0n) is 19.1. The minimum absolute atomic E-state index is 0.0581. The quantitative estimate of drug-likeness (QED) is 0.456. The van der Waals surface area contributed by atoms with Gasteiger partial charge in [-0.15, -0.1) is 0 Å². The van der Waals surface area contributed by atoms with Gasteiger partial charge in [-0.05, 0) is 47.7 Å². The van der Waals surface area contributed by atoms with Gasteiger partial charge in [-0.25, -0.2) is 8.42 Å². The van der Waals surface area contributed by atoms with Crippen LogP contribution in [0.25, 0.3) is 11.0 Å². The monoisotopic (exact) mass is 457 g/mol. The largest absolute Gasteiger partial charge is 0.464 e. The van der Waals surface area contributed by atoms with E-state index in [4.69, 9.17) is 4.42 Å². The Bertz CT molecular complexity index is 1130. The molecule has 1 amide bonds. The summed E-state index contributed by atoms with van der Waals surface area (Å²) >= 11 is 0. The maximum atomic E-state index is 13.6. The fourth-order valence-corrected chi connectivity index (χ4v) is 5.00. The van der Waals surface area contributed by atoms with Crippen LogP contribution in [-0.4, -0.2) is 48.1 Å². The zero-order valence-corrected chi connectivity index (χ0v) is 19.9. The van der Waals surface area contributed by atoms with Crippen molar-refractivity contribution >= 4 is 26.9 Å². The van der Waals surface area contributed by atoms with E-state index in [9.17, 15) is 13.2 Å². The van der Waals surface area contributed by atoms with Gasteiger partial charge in [0.15, 0.2) is 0 Å². The molecule has 2 aromatic heterocycles. The predicted octanol–water partition coefficient (Wildman–Crippen LogP) is 4.16. The van der Waals surface area contributed by atoms with Gasteiger partial charge in [0, 0.05) is 37.4 Å². The summed E-state index contributed by atoms with van der Waals surface area (Å²) < 4.78 is 33.8. The average Bonchev–Trinajstić information content (AvgIpc) is 3.20. The van der Waals surface area contributed by atoms with Gasteiger partial charge in [-0.2, -0.15) is 4.31 Å². The smallest absolute Gasteiger partial charge is 0.243 e. The van der Waals surface area contributed by atoms with Crippen molar-refractivity contribution in [2.75, 3.05) is 19.6 Å². The Morgan fingerprint density at radius 2 is 1.78 bits per heavy atom. The molecule has 0 aliphatic carbocycles. The summed E-state index contributed by atoms with van der Waals surface area (Å²) in [6.45, 7) is 9.17. The van der Waals surface area contributed by atoms with Crippen molar-refractivity contribution in [1.82, 2.24) is 14.2 Å². The minimum Gasteiger partial charge on any atom is -0.464 e. The van der Waals surface area contributed by atoms with Crippen LogP contribution in [0.3, 0.4) is 0 Å². The maximum absolute atomic E-state index is 13.6. The normalized spacial score (nSPS) is 12.2. The van der Waals surface area contributed by atoms with Crippen LogP contribution in [-0.2, 0) is 21.4 Å². The Hall–Kier alpha value is -2.71. The lowest BCUT2D eigenvalue weighted by atomic mass is 10.1. The number of sulfonamides is 1. The number of fused-ring (bicyclic) bond motifs is 1. The number of hydrogen-bond donors (Lipinski definition) is 0. The minimum atomic E-state index is -3.94. The van der Waals surface area contributed by atoms with Crippen molar-refractivity contribution in [3.63, 3.8) is 0 Å². The molecule has 0 N–H and O–H groups in total. The number of carbonyl (C=O) groups excluding carboxylic acids is 1. The molecule has 3 rings (SSSR count). The summed E-state index contributed by atoms with van der Waals surface area (Å²) in [6, 6.07) is 10.0. The van der Waals surface area contributed by atoms with Crippen LogP contribution in [0.1, 0.15) is 33.3 Å². The van der Waals surface area contributed by atoms with Gasteiger partial charge in [0.05, 0.1) is 17.7 Å². The topological polar surface area (TPSA) is 83.7 Å². The van der Waals surface area contributed by atoms with Crippen LogP contribution in [0.2, 0.25) is 0 Å². The third-order valence-electron chi connectivity index (χ3n) is 4.98. The second-order valence-electron chi connectivity index (χ2n) is 8.84. The van der Waals surface area contributed by atoms with Gasteiger partial charge < -0.3 is 9.32 Å². The lowest BCUT2D eigenvalue weighted by Crippen LogP contribution is -2.45. The van der Waals surface area contributed by atoms with E-state index in [1.165, 1.54) is 16.6 Å². The summed E-state index contributed by atoms with van der Waals surface area (Å²) in [6.07, 6.45) is 4.77. The Labute approximate surface area is 190 Å². The van der Waals surface area contributed by atoms with E-state index in [-0.39, 0.29) is 35.7 Å². The number of nitrogens with zero attached hydrogens (tertiary/aromatic N) is 3. The SMILES string of the molecule is CC(C)CN(CC(C)C)C(=O)CN(Cc1cccnc1)S(=O)(=O)c1ccc2occc2c1. The van der Waals surface area contributed by atoms with Gasteiger partial charge in [-0.1, -0.05) is 33.8 Å². The van der Waals surface area contributed by atoms with E-state index >= 15 is 0 Å². The molecule has 0 atom stereocenters. The molecule has 7 nitrogen and oxygen atoms in total. The van der Waals surface area contributed by atoms with Gasteiger partial charge in [0.25, 0.3) is 0 Å². The maximum Gasteiger partial charge on any atom is 0.243 e. The molecule has 0 aliphatic rings. The molecule has 0 radical (unpaired) electrons. The van der Waals surface area contributed by atoms with Crippen LogP contribution in [0.5, 0.6) is 0 Å². The molecule has 0 unspecified atom stereocenters. The number of rotatable bonds is 10. The van der Waals surface area contributed by atoms with Crippen LogP contribution < -0.4 is 0 Å². The van der Waals surface area contributed by atoms with Gasteiger partial charge in [-0.3, -0.25) is 9.78 Å². The molecule has 8 heteroatoms. The van der Waals surface area contributed by atoms with Crippen molar-refractivity contribution in [2.24, 2.45) is 11.8 Å². The van der Waals surface area contributed by atoms with Crippen LogP contribution in [0.4, 0.5) is 0 Å². The lowest BCUT2D eigenvalue weighted by molar-refractivity contribution is -0.132. The van der Waals surface area contributed by atoms with Crippen molar-refractivity contribution in [1.29, 1.82) is 0 Å². The van der Waals surface area contributed by atoms with E-state index in [2.05, 4.69) is 4.98 Å². The number of pyridine rings is 1. The molecule has 0 fully saturated rings. The van der Waals surface area contributed by atoms with Gasteiger partial charge in [0.2, 0.25) is 15.9 Å². The molecule has 3 aromatic rings. The highest BCUT2D eigenvalue weighted by Gasteiger charge is 2.29. The predicted molar refractivity (Wildman–Crippen MR) is 124 cm³/mol. The number of hydrogen-bond acceptors (Lipinski definition) is 5. The highest BCUT2D eigenvalue weighted by atomic mass is 32.2. The third kappa shape index (κ3) is 5.95. The Balaban J connectivity index is 1.94. The van der Waals surface area contributed by atoms with Crippen LogP contribution >= 0.6 is 0 Å². The van der Waals surface area contributed by atoms with Crippen LogP contribution in [0, 0.1) is 11.8 Å².